The van der Waals surface area contributed by atoms with Gasteiger partial charge in [-0.2, -0.15) is 0 Å². The van der Waals surface area contributed by atoms with Gasteiger partial charge in [0.05, 0.1) is 0 Å². The van der Waals surface area contributed by atoms with Gasteiger partial charge in [0.2, 0.25) is 0 Å². The molecule has 0 aliphatic rings. The van der Waals surface area contributed by atoms with E-state index in [1.54, 1.807) is 0 Å². The van der Waals surface area contributed by atoms with Crippen molar-refractivity contribution in [1.29, 1.82) is 0 Å². The first kappa shape index (κ1) is 10.7. The average molecular weight is 310 g/mol. The molecule has 0 fully saturated rings. The molecule has 0 atom stereocenters. The molecule has 0 heterocycles. The minimum absolute atomic E-state index is 0.839. The molecule has 0 spiro atoms. The Balaban J connectivity index is 3.31. The summed E-state index contributed by atoms with van der Waals surface area (Å²) in [5.41, 5.74) is 0. The molecular formula is C9H12Cl2Sn. The fourth-order valence-electron chi connectivity index (χ4n) is 1.21. The summed E-state index contributed by atoms with van der Waals surface area (Å²) in [4.78, 5) is 6.92. The zero-order chi connectivity index (χ0) is 9.35. The zero-order valence-electron chi connectivity index (χ0n) is 7.49. The second-order valence-electron chi connectivity index (χ2n) is 3.85. The molecule has 1 aromatic rings. The van der Waals surface area contributed by atoms with Gasteiger partial charge in [0.25, 0.3) is 0 Å². The Bertz CT molecular complexity index is 269. The zero-order valence-corrected chi connectivity index (χ0v) is 11.9. The maximum atomic E-state index is 6.08. The topological polar surface area (TPSA) is 0 Å². The second kappa shape index (κ2) is 3.77. The van der Waals surface area contributed by atoms with E-state index in [4.69, 9.17) is 23.2 Å². The second-order valence-corrected chi connectivity index (χ2v) is 18.9. The molecule has 66 valence electrons. The van der Waals surface area contributed by atoms with Crippen molar-refractivity contribution in [3.05, 3.63) is 28.2 Å². The van der Waals surface area contributed by atoms with Crippen molar-refractivity contribution in [3.8, 4) is 0 Å². The summed E-state index contributed by atoms with van der Waals surface area (Å²) < 4.78 is 1.23. The van der Waals surface area contributed by atoms with Crippen LogP contribution in [0.1, 0.15) is 0 Å². The molecule has 0 amide bonds. The van der Waals surface area contributed by atoms with Crippen LogP contribution < -0.4 is 3.58 Å². The SMILES string of the molecule is [CH3][Sn]([CH3])([CH3])[c]1c(Cl)cccc1Cl. The Kier molecular flexibility index (Phi) is 3.35. The Morgan fingerprint density at radius 3 is 1.67 bits per heavy atom. The predicted octanol–water partition coefficient (Wildman–Crippen LogP) is 3.54. The van der Waals surface area contributed by atoms with Crippen LogP contribution in [0.2, 0.25) is 24.9 Å². The van der Waals surface area contributed by atoms with E-state index in [2.05, 4.69) is 14.8 Å². The standard InChI is InChI=1S/C6H3Cl2.3CH3.Sn/c7-5-2-1-3-6(8)4-5;;;;/h1-3H;3*1H3;. The molecule has 3 heteroatoms. The van der Waals surface area contributed by atoms with Gasteiger partial charge >= 0.3 is 88.2 Å². The van der Waals surface area contributed by atoms with E-state index >= 15 is 0 Å². The van der Waals surface area contributed by atoms with Crippen LogP contribution >= 0.6 is 23.2 Å². The summed E-state index contributed by atoms with van der Waals surface area (Å²) in [5.74, 6) is 0. The summed E-state index contributed by atoms with van der Waals surface area (Å²) in [6.07, 6.45) is 0. The summed E-state index contributed by atoms with van der Waals surface area (Å²) in [6.45, 7) is 0. The molecular weight excluding hydrogens is 298 g/mol. The van der Waals surface area contributed by atoms with Gasteiger partial charge in [-0.05, 0) is 0 Å². The first-order valence-electron chi connectivity index (χ1n) is 3.87. The van der Waals surface area contributed by atoms with Crippen LogP contribution in [0, 0.1) is 0 Å². The Morgan fingerprint density at radius 2 is 1.42 bits per heavy atom. The third-order valence-electron chi connectivity index (χ3n) is 1.71. The monoisotopic (exact) mass is 310 g/mol. The summed E-state index contributed by atoms with van der Waals surface area (Å²) in [6, 6.07) is 5.74. The molecule has 0 unspecified atom stereocenters. The van der Waals surface area contributed by atoms with Crippen LogP contribution in [-0.2, 0) is 0 Å². The van der Waals surface area contributed by atoms with Crippen LogP contribution in [0.3, 0.4) is 0 Å². The van der Waals surface area contributed by atoms with E-state index in [1.165, 1.54) is 3.58 Å². The normalized spacial score (nSPS) is 11.8. The average Bonchev–Trinajstić information content (AvgIpc) is 1.82. The van der Waals surface area contributed by atoms with Crippen molar-refractivity contribution in [1.82, 2.24) is 0 Å². The molecule has 12 heavy (non-hydrogen) atoms. The fraction of sp³-hybridized carbons (Fsp3) is 0.333. The Labute approximate surface area is 87.8 Å². The van der Waals surface area contributed by atoms with Crippen molar-refractivity contribution >= 4 is 45.2 Å². The van der Waals surface area contributed by atoms with Crippen molar-refractivity contribution < 1.29 is 0 Å². The van der Waals surface area contributed by atoms with Gasteiger partial charge in [0.15, 0.2) is 0 Å². The third kappa shape index (κ3) is 2.30. The van der Waals surface area contributed by atoms with E-state index in [-0.39, 0.29) is 0 Å². The van der Waals surface area contributed by atoms with Gasteiger partial charge in [-0.3, -0.25) is 0 Å². The van der Waals surface area contributed by atoms with Crippen LogP contribution in [0.15, 0.2) is 18.2 Å². The summed E-state index contributed by atoms with van der Waals surface area (Å²) in [7, 11) is 0. The van der Waals surface area contributed by atoms with Crippen molar-refractivity contribution in [2.24, 2.45) is 0 Å². The summed E-state index contributed by atoms with van der Waals surface area (Å²) >= 11 is 10.1. The van der Waals surface area contributed by atoms with E-state index in [0.29, 0.717) is 0 Å². The molecule has 0 radical (unpaired) electrons. The van der Waals surface area contributed by atoms with Gasteiger partial charge < -0.3 is 0 Å². The van der Waals surface area contributed by atoms with Crippen molar-refractivity contribution in [2.75, 3.05) is 0 Å². The van der Waals surface area contributed by atoms with Gasteiger partial charge in [0, 0.05) is 0 Å². The van der Waals surface area contributed by atoms with Crippen LogP contribution in [0.25, 0.3) is 0 Å². The van der Waals surface area contributed by atoms with Crippen LogP contribution in [0.4, 0.5) is 0 Å². The molecule has 0 saturated heterocycles. The van der Waals surface area contributed by atoms with E-state index in [9.17, 15) is 0 Å². The molecule has 0 saturated carbocycles. The van der Waals surface area contributed by atoms with E-state index < -0.39 is 18.4 Å². The minimum atomic E-state index is -2.10. The van der Waals surface area contributed by atoms with E-state index in [1.807, 2.05) is 18.2 Å². The number of benzene rings is 1. The molecule has 0 aliphatic carbocycles. The number of halogens is 2. The fourth-order valence-corrected chi connectivity index (χ4v) is 9.98. The van der Waals surface area contributed by atoms with Gasteiger partial charge in [-0.1, -0.05) is 0 Å². The molecule has 0 aliphatic heterocycles. The first-order chi connectivity index (χ1) is 5.43. The molecule has 0 bridgehead atoms. The van der Waals surface area contributed by atoms with Crippen LogP contribution in [-0.4, -0.2) is 18.4 Å². The number of hydrogen-bond acceptors (Lipinski definition) is 0. The van der Waals surface area contributed by atoms with Crippen LogP contribution in [0.5, 0.6) is 0 Å². The Hall–Kier alpha value is 0.599. The third-order valence-corrected chi connectivity index (χ3v) is 9.07. The van der Waals surface area contributed by atoms with Crippen molar-refractivity contribution in [3.63, 3.8) is 0 Å². The quantitative estimate of drug-likeness (QED) is 0.696. The summed E-state index contributed by atoms with van der Waals surface area (Å²) in [5, 5.41) is 1.68. The maximum absolute atomic E-state index is 6.08. The van der Waals surface area contributed by atoms with Crippen molar-refractivity contribution in [2.45, 2.75) is 14.8 Å². The molecule has 1 aromatic carbocycles. The number of rotatable bonds is 1. The molecule has 0 aromatic heterocycles. The molecule has 0 N–H and O–H groups in total. The predicted molar refractivity (Wildman–Crippen MR) is 59.4 cm³/mol. The van der Waals surface area contributed by atoms with Gasteiger partial charge in [-0.15, -0.1) is 0 Å². The molecule has 0 nitrogen and oxygen atoms in total. The Morgan fingerprint density at radius 1 is 1.00 bits per heavy atom. The van der Waals surface area contributed by atoms with Gasteiger partial charge in [0.1, 0.15) is 0 Å². The first-order valence-corrected chi connectivity index (χ1v) is 14.6. The number of hydrogen-bond donors (Lipinski definition) is 0. The van der Waals surface area contributed by atoms with Gasteiger partial charge in [-0.25, -0.2) is 0 Å². The van der Waals surface area contributed by atoms with E-state index in [0.717, 1.165) is 10.0 Å². The molecule has 1 rings (SSSR count).